The predicted molar refractivity (Wildman–Crippen MR) is 81.8 cm³/mol. The van der Waals surface area contributed by atoms with Gasteiger partial charge in [0.25, 0.3) is 0 Å². The standard InChI is InChI=1S/C18H22O8.3Na/c1-3-11(10-7-5-4-6-8-10)13(17(23)24)14(18(25)26)12(16(21)22)9(2)15(19)20;;;/h4-9,11-14H,3H2,1-2H3,(H,19,20)(H,21,22)(H,23,24)(H,25,26);;;/q;3*+1/p-3. The van der Waals surface area contributed by atoms with E-state index >= 15 is 0 Å². The first kappa shape index (κ1) is 33.7. The smallest absolute Gasteiger partial charge is 0.550 e. The zero-order valence-electron chi connectivity index (χ0n) is 17.3. The molecule has 0 spiro atoms. The molecular weight excluding hydrogens is 413 g/mol. The Bertz CT molecular complexity index is 683. The number of carbonyl (C=O) groups excluding carboxylic acids is 3. The van der Waals surface area contributed by atoms with Crippen molar-refractivity contribution in [2.45, 2.75) is 26.2 Å². The Labute approximate surface area is 235 Å². The Kier molecular flexibility index (Phi) is 18.4. The zero-order chi connectivity index (χ0) is 20.0. The van der Waals surface area contributed by atoms with Crippen LogP contribution in [-0.2, 0) is 19.2 Å². The van der Waals surface area contributed by atoms with Crippen molar-refractivity contribution in [3.05, 3.63) is 35.9 Å². The minimum Gasteiger partial charge on any atom is -0.550 e. The van der Waals surface area contributed by atoms with Crippen LogP contribution >= 0.6 is 0 Å². The summed E-state index contributed by atoms with van der Waals surface area (Å²) in [5.74, 6) is -16.0. The molecule has 0 heterocycles. The summed E-state index contributed by atoms with van der Waals surface area (Å²) < 4.78 is 0. The van der Waals surface area contributed by atoms with Crippen molar-refractivity contribution < 1.29 is 128 Å². The van der Waals surface area contributed by atoms with Crippen molar-refractivity contribution >= 4 is 23.9 Å². The van der Waals surface area contributed by atoms with Crippen LogP contribution in [0.2, 0.25) is 0 Å². The van der Waals surface area contributed by atoms with Gasteiger partial charge >= 0.3 is 94.6 Å². The molecule has 0 bridgehead atoms. The first-order valence-electron chi connectivity index (χ1n) is 8.03. The van der Waals surface area contributed by atoms with Crippen LogP contribution in [0.1, 0.15) is 31.7 Å². The molecule has 142 valence electrons. The molecule has 11 heteroatoms. The van der Waals surface area contributed by atoms with Crippen LogP contribution in [0.15, 0.2) is 30.3 Å². The summed E-state index contributed by atoms with van der Waals surface area (Å²) in [6, 6.07) is 8.07. The van der Waals surface area contributed by atoms with E-state index in [1.54, 1.807) is 37.3 Å². The molecule has 8 nitrogen and oxygen atoms in total. The van der Waals surface area contributed by atoms with Crippen molar-refractivity contribution in [3.8, 4) is 0 Å². The molecular formula is C18H19Na3O8. The Hall–Kier alpha value is 0.1000. The molecule has 1 aromatic rings. The van der Waals surface area contributed by atoms with Gasteiger partial charge in [-0.2, -0.15) is 0 Å². The second-order valence-corrected chi connectivity index (χ2v) is 6.09. The number of benzene rings is 1. The van der Waals surface area contributed by atoms with Gasteiger partial charge < -0.3 is 34.8 Å². The third-order valence-electron chi connectivity index (χ3n) is 4.62. The maximum absolute atomic E-state index is 11.8. The van der Waals surface area contributed by atoms with Gasteiger partial charge in [0.1, 0.15) is 0 Å². The Balaban J connectivity index is -0.00000225. The van der Waals surface area contributed by atoms with E-state index < -0.39 is 53.5 Å². The molecule has 1 aromatic carbocycles. The van der Waals surface area contributed by atoms with Crippen molar-refractivity contribution in [2.24, 2.45) is 23.7 Å². The molecule has 0 aliphatic heterocycles. The first-order chi connectivity index (χ1) is 12.1. The third kappa shape index (κ3) is 9.01. The quantitative estimate of drug-likeness (QED) is 0.357. The maximum Gasteiger partial charge on any atom is 1.00 e. The van der Waals surface area contributed by atoms with Crippen LogP contribution in [0, 0.1) is 23.7 Å². The average Bonchev–Trinajstić information content (AvgIpc) is 2.57. The number of rotatable bonds is 10. The van der Waals surface area contributed by atoms with E-state index in [9.17, 15) is 34.5 Å². The zero-order valence-corrected chi connectivity index (χ0v) is 23.3. The van der Waals surface area contributed by atoms with Gasteiger partial charge in [-0.15, -0.1) is 0 Å². The first-order valence-corrected chi connectivity index (χ1v) is 8.03. The van der Waals surface area contributed by atoms with Crippen molar-refractivity contribution in [3.63, 3.8) is 0 Å². The molecule has 0 radical (unpaired) electrons. The van der Waals surface area contributed by atoms with Crippen molar-refractivity contribution in [1.29, 1.82) is 0 Å². The molecule has 0 fully saturated rings. The van der Waals surface area contributed by atoms with E-state index in [1.807, 2.05) is 0 Å². The molecule has 0 aliphatic carbocycles. The molecule has 0 amide bonds. The topological polar surface area (TPSA) is 158 Å². The van der Waals surface area contributed by atoms with Crippen LogP contribution in [0.25, 0.3) is 0 Å². The van der Waals surface area contributed by atoms with Gasteiger partial charge in [-0.1, -0.05) is 44.2 Å². The van der Waals surface area contributed by atoms with E-state index in [1.165, 1.54) is 0 Å². The molecule has 5 unspecified atom stereocenters. The van der Waals surface area contributed by atoms with E-state index in [4.69, 9.17) is 5.11 Å². The average molecular weight is 432 g/mol. The van der Waals surface area contributed by atoms with Gasteiger partial charge in [0.2, 0.25) is 0 Å². The fourth-order valence-corrected chi connectivity index (χ4v) is 3.29. The minimum absolute atomic E-state index is 0. The van der Waals surface area contributed by atoms with Gasteiger partial charge in [-0.05, 0) is 17.9 Å². The van der Waals surface area contributed by atoms with Gasteiger partial charge in [0, 0.05) is 35.7 Å². The number of carbonyl (C=O) groups is 4. The molecule has 5 atom stereocenters. The molecule has 0 saturated heterocycles. The summed E-state index contributed by atoms with van der Waals surface area (Å²) in [6.45, 7) is 2.59. The van der Waals surface area contributed by atoms with E-state index in [0.29, 0.717) is 5.56 Å². The van der Waals surface area contributed by atoms with Gasteiger partial charge in [0.15, 0.2) is 0 Å². The summed E-state index contributed by atoms with van der Waals surface area (Å²) in [6.07, 6.45) is 0.160. The number of carboxylic acids is 4. The fraction of sp³-hybridized carbons (Fsp3) is 0.444. The number of hydrogen-bond acceptors (Lipinski definition) is 7. The molecule has 1 rings (SSSR count). The normalized spacial score (nSPS) is 15.0. The van der Waals surface area contributed by atoms with Gasteiger partial charge in [-0.3, -0.25) is 4.79 Å². The van der Waals surface area contributed by atoms with Gasteiger partial charge in [-0.25, -0.2) is 0 Å². The Morgan fingerprint density at radius 2 is 1.24 bits per heavy atom. The summed E-state index contributed by atoms with van der Waals surface area (Å²) >= 11 is 0. The maximum atomic E-state index is 11.8. The van der Waals surface area contributed by atoms with Crippen LogP contribution < -0.4 is 104 Å². The van der Waals surface area contributed by atoms with E-state index in [2.05, 4.69) is 0 Å². The number of hydrogen-bond donors (Lipinski definition) is 1. The molecule has 0 saturated carbocycles. The monoisotopic (exact) mass is 432 g/mol. The van der Waals surface area contributed by atoms with Crippen LogP contribution in [-0.4, -0.2) is 29.0 Å². The Morgan fingerprint density at radius 1 is 0.828 bits per heavy atom. The van der Waals surface area contributed by atoms with Crippen LogP contribution in [0.3, 0.4) is 0 Å². The second kappa shape index (κ2) is 15.8. The summed E-state index contributed by atoms with van der Waals surface area (Å²) in [5, 5.41) is 44.0. The number of aliphatic carboxylic acids is 4. The Morgan fingerprint density at radius 3 is 1.55 bits per heavy atom. The van der Waals surface area contributed by atoms with Crippen molar-refractivity contribution in [1.82, 2.24) is 0 Å². The van der Waals surface area contributed by atoms with Crippen LogP contribution in [0.4, 0.5) is 0 Å². The SMILES string of the molecule is CCC(c1ccccc1)C(C(=O)[O-])C(C(=O)[O-])C(C(=O)[O-])C(C)C(=O)O.[Na+].[Na+].[Na+]. The third-order valence-corrected chi connectivity index (χ3v) is 4.62. The molecule has 0 aromatic heterocycles. The van der Waals surface area contributed by atoms with E-state index in [0.717, 1.165) is 6.92 Å². The second-order valence-electron chi connectivity index (χ2n) is 6.09. The summed E-state index contributed by atoms with van der Waals surface area (Å²) in [5.41, 5.74) is 0.468. The largest absolute Gasteiger partial charge is 1.00 e. The fourth-order valence-electron chi connectivity index (χ4n) is 3.29. The summed E-state index contributed by atoms with van der Waals surface area (Å²) in [4.78, 5) is 46.2. The molecule has 29 heavy (non-hydrogen) atoms. The van der Waals surface area contributed by atoms with Gasteiger partial charge in [0.05, 0.1) is 5.92 Å². The predicted octanol–water partition coefficient (Wildman–Crippen LogP) is -11.0. The summed E-state index contributed by atoms with van der Waals surface area (Å²) in [7, 11) is 0. The number of carboxylic acid groups (broad SMARTS) is 4. The van der Waals surface area contributed by atoms with Crippen molar-refractivity contribution in [2.75, 3.05) is 0 Å². The molecule has 0 aliphatic rings. The van der Waals surface area contributed by atoms with E-state index in [-0.39, 0.29) is 95.1 Å². The minimum atomic E-state index is -2.14. The molecule has 1 N–H and O–H groups in total. The van der Waals surface area contributed by atoms with Crippen LogP contribution in [0.5, 0.6) is 0 Å².